The lowest BCUT2D eigenvalue weighted by Crippen LogP contribution is -2.48. The van der Waals surface area contributed by atoms with E-state index < -0.39 is 18.1 Å². The number of likely N-dealkylation sites (N-methyl/N-ethyl adjacent to an activating group) is 1. The summed E-state index contributed by atoms with van der Waals surface area (Å²) in [6.07, 6.45) is 1.27. The molecule has 0 radical (unpaired) electrons. The third-order valence-corrected chi connectivity index (χ3v) is 3.64. The smallest absolute Gasteiger partial charge is 0.326 e. The fourth-order valence-corrected chi connectivity index (χ4v) is 2.65. The second-order valence-corrected chi connectivity index (χ2v) is 5.19. The Kier molecular flexibility index (Phi) is 4.26. The van der Waals surface area contributed by atoms with E-state index in [1.54, 1.807) is 7.05 Å². The third kappa shape index (κ3) is 3.16. The Bertz CT molecular complexity index is 356. The number of aliphatic carboxylic acids is 1. The normalized spacial score (nSPS) is 30.6. The Morgan fingerprint density at radius 2 is 2.21 bits per heavy atom. The van der Waals surface area contributed by atoms with Crippen LogP contribution in [0.5, 0.6) is 0 Å². The SMILES string of the molecule is CN(CC1CCCO1)C(=O)N1CC(O)C[C@H]1C(=O)O. The minimum atomic E-state index is -1.07. The number of aliphatic hydroxyl groups excluding tert-OH is 1. The van der Waals surface area contributed by atoms with Crippen molar-refractivity contribution < 1.29 is 24.5 Å². The Morgan fingerprint density at radius 3 is 2.79 bits per heavy atom. The fraction of sp³-hybridized carbons (Fsp3) is 0.833. The predicted molar refractivity (Wildman–Crippen MR) is 65.8 cm³/mol. The second kappa shape index (κ2) is 5.75. The Hall–Kier alpha value is -1.34. The number of hydrogen-bond acceptors (Lipinski definition) is 4. The number of β-amino-alcohol motifs (C(OH)–C–C–N with tert-alkyl or cyclic N) is 1. The number of carboxylic acid groups (broad SMARTS) is 1. The first-order chi connectivity index (χ1) is 8.99. The lowest BCUT2D eigenvalue weighted by atomic mass is 10.2. The summed E-state index contributed by atoms with van der Waals surface area (Å²) in [5.41, 5.74) is 0. The molecule has 0 aromatic carbocycles. The van der Waals surface area contributed by atoms with Crippen LogP contribution in [0.25, 0.3) is 0 Å². The van der Waals surface area contributed by atoms with Crippen molar-refractivity contribution in [2.75, 3.05) is 26.7 Å². The van der Waals surface area contributed by atoms with E-state index in [2.05, 4.69) is 0 Å². The van der Waals surface area contributed by atoms with Gasteiger partial charge in [0.2, 0.25) is 0 Å². The summed E-state index contributed by atoms with van der Waals surface area (Å²) < 4.78 is 5.45. The van der Waals surface area contributed by atoms with Gasteiger partial charge in [0, 0.05) is 33.2 Å². The molecule has 0 aliphatic carbocycles. The molecule has 2 rings (SSSR count). The minimum Gasteiger partial charge on any atom is -0.480 e. The number of likely N-dealkylation sites (tertiary alicyclic amines) is 1. The summed E-state index contributed by atoms with van der Waals surface area (Å²) in [5.74, 6) is -1.07. The highest BCUT2D eigenvalue weighted by molar-refractivity contribution is 5.83. The molecule has 2 N–H and O–H groups in total. The summed E-state index contributed by atoms with van der Waals surface area (Å²) in [4.78, 5) is 26.0. The van der Waals surface area contributed by atoms with E-state index >= 15 is 0 Å². The largest absolute Gasteiger partial charge is 0.480 e. The van der Waals surface area contributed by atoms with Gasteiger partial charge in [-0.05, 0) is 12.8 Å². The van der Waals surface area contributed by atoms with Crippen LogP contribution in [0.3, 0.4) is 0 Å². The van der Waals surface area contributed by atoms with E-state index in [0.29, 0.717) is 13.2 Å². The third-order valence-electron chi connectivity index (χ3n) is 3.64. The van der Waals surface area contributed by atoms with Crippen LogP contribution >= 0.6 is 0 Å². The molecule has 0 aromatic heterocycles. The first kappa shape index (κ1) is 14.1. The maximum absolute atomic E-state index is 12.2. The monoisotopic (exact) mass is 272 g/mol. The van der Waals surface area contributed by atoms with Gasteiger partial charge in [0.15, 0.2) is 0 Å². The van der Waals surface area contributed by atoms with Crippen molar-refractivity contribution >= 4 is 12.0 Å². The molecule has 0 bridgehead atoms. The molecule has 2 aliphatic rings. The molecule has 0 aromatic rings. The van der Waals surface area contributed by atoms with Crippen molar-refractivity contribution in [2.45, 2.75) is 37.5 Å². The number of carboxylic acids is 1. The van der Waals surface area contributed by atoms with Gasteiger partial charge in [0.25, 0.3) is 0 Å². The molecule has 0 spiro atoms. The highest BCUT2D eigenvalue weighted by atomic mass is 16.5. The number of aliphatic hydroxyl groups is 1. The van der Waals surface area contributed by atoms with Gasteiger partial charge in [0.1, 0.15) is 6.04 Å². The first-order valence-corrected chi connectivity index (χ1v) is 6.53. The average molecular weight is 272 g/mol. The molecule has 3 atom stereocenters. The van der Waals surface area contributed by atoms with Crippen LogP contribution < -0.4 is 0 Å². The van der Waals surface area contributed by atoms with Crippen molar-refractivity contribution in [1.29, 1.82) is 0 Å². The summed E-state index contributed by atoms with van der Waals surface area (Å²) in [7, 11) is 1.63. The number of amides is 2. The minimum absolute atomic E-state index is 0.0322. The van der Waals surface area contributed by atoms with Crippen molar-refractivity contribution in [3.63, 3.8) is 0 Å². The molecule has 2 fully saturated rings. The summed E-state index contributed by atoms with van der Waals surface area (Å²) in [5, 5.41) is 18.6. The van der Waals surface area contributed by atoms with Crippen molar-refractivity contribution in [3.05, 3.63) is 0 Å². The molecule has 2 saturated heterocycles. The predicted octanol–water partition coefficient (Wildman–Crippen LogP) is -0.263. The summed E-state index contributed by atoms with van der Waals surface area (Å²) in [6.45, 7) is 1.25. The van der Waals surface area contributed by atoms with Crippen molar-refractivity contribution in [3.8, 4) is 0 Å². The molecule has 7 heteroatoms. The van der Waals surface area contributed by atoms with Gasteiger partial charge in [0.05, 0.1) is 12.2 Å². The first-order valence-electron chi connectivity index (χ1n) is 6.53. The van der Waals surface area contributed by atoms with Gasteiger partial charge in [-0.1, -0.05) is 0 Å². The fourth-order valence-electron chi connectivity index (χ4n) is 2.65. The molecule has 7 nitrogen and oxygen atoms in total. The average Bonchev–Trinajstić information content (AvgIpc) is 2.97. The van der Waals surface area contributed by atoms with E-state index in [-0.39, 0.29) is 25.1 Å². The summed E-state index contributed by atoms with van der Waals surface area (Å²) >= 11 is 0. The lowest BCUT2D eigenvalue weighted by molar-refractivity contribution is -0.141. The van der Waals surface area contributed by atoms with Crippen LogP contribution in [0.1, 0.15) is 19.3 Å². The molecule has 0 saturated carbocycles. The highest BCUT2D eigenvalue weighted by Gasteiger charge is 2.40. The van der Waals surface area contributed by atoms with E-state index in [0.717, 1.165) is 12.8 Å². The highest BCUT2D eigenvalue weighted by Crippen LogP contribution is 2.20. The van der Waals surface area contributed by atoms with Gasteiger partial charge >= 0.3 is 12.0 Å². The van der Waals surface area contributed by atoms with Crippen LogP contribution in [-0.4, -0.2) is 77.0 Å². The zero-order valence-electron chi connectivity index (χ0n) is 11.0. The number of hydrogen-bond donors (Lipinski definition) is 2. The van der Waals surface area contributed by atoms with Crippen molar-refractivity contribution in [2.24, 2.45) is 0 Å². The second-order valence-electron chi connectivity index (χ2n) is 5.19. The molecule has 2 aliphatic heterocycles. The molecule has 2 heterocycles. The van der Waals surface area contributed by atoms with E-state index in [1.807, 2.05) is 0 Å². The zero-order chi connectivity index (χ0) is 14.0. The molecule has 19 heavy (non-hydrogen) atoms. The van der Waals surface area contributed by atoms with Crippen LogP contribution in [-0.2, 0) is 9.53 Å². The number of ether oxygens (including phenoxy) is 1. The Labute approximate surface area is 111 Å². The molecular weight excluding hydrogens is 252 g/mol. The lowest BCUT2D eigenvalue weighted by Gasteiger charge is -2.28. The van der Waals surface area contributed by atoms with Gasteiger partial charge in [-0.25, -0.2) is 9.59 Å². The number of urea groups is 1. The van der Waals surface area contributed by atoms with Gasteiger partial charge in [-0.15, -0.1) is 0 Å². The molecule has 108 valence electrons. The van der Waals surface area contributed by atoms with Crippen molar-refractivity contribution in [1.82, 2.24) is 9.80 Å². The number of carbonyl (C=O) groups is 2. The topological polar surface area (TPSA) is 90.3 Å². The van der Waals surface area contributed by atoms with Crippen LogP contribution in [0, 0.1) is 0 Å². The number of rotatable bonds is 3. The van der Waals surface area contributed by atoms with Crippen LogP contribution in [0.4, 0.5) is 4.79 Å². The molecule has 2 amide bonds. The number of nitrogens with zero attached hydrogens (tertiary/aromatic N) is 2. The van der Waals surface area contributed by atoms with Crippen LogP contribution in [0.2, 0.25) is 0 Å². The maximum Gasteiger partial charge on any atom is 0.326 e. The standard InChI is InChI=1S/C12H20N2O5/c1-13(7-9-3-2-4-19-9)12(18)14-6-8(15)5-10(14)11(16)17/h8-10,15H,2-7H2,1H3,(H,16,17)/t8?,9?,10-/m0/s1. The quantitative estimate of drug-likeness (QED) is 0.738. The molecule has 2 unspecified atom stereocenters. The Morgan fingerprint density at radius 1 is 1.47 bits per heavy atom. The maximum atomic E-state index is 12.2. The Balaban J connectivity index is 1.95. The van der Waals surface area contributed by atoms with Crippen LogP contribution in [0.15, 0.2) is 0 Å². The zero-order valence-corrected chi connectivity index (χ0v) is 11.0. The van der Waals surface area contributed by atoms with E-state index in [9.17, 15) is 14.7 Å². The van der Waals surface area contributed by atoms with Gasteiger partial charge < -0.3 is 24.7 Å². The number of carbonyl (C=O) groups excluding carboxylic acids is 1. The molecular formula is C12H20N2O5. The summed E-state index contributed by atoms with van der Waals surface area (Å²) in [6, 6.07) is -1.30. The van der Waals surface area contributed by atoms with E-state index in [4.69, 9.17) is 9.84 Å². The van der Waals surface area contributed by atoms with Gasteiger partial charge in [-0.3, -0.25) is 0 Å². The van der Waals surface area contributed by atoms with Gasteiger partial charge in [-0.2, -0.15) is 0 Å². The van der Waals surface area contributed by atoms with E-state index in [1.165, 1.54) is 9.80 Å².